The van der Waals surface area contributed by atoms with E-state index in [0.29, 0.717) is 19.4 Å². The van der Waals surface area contributed by atoms with Gasteiger partial charge in [0.15, 0.2) is 11.5 Å². The van der Waals surface area contributed by atoms with Crippen LogP contribution >= 0.6 is 0 Å². The number of amides is 1. The molecule has 1 fully saturated rings. The van der Waals surface area contributed by atoms with E-state index in [2.05, 4.69) is 4.74 Å². The van der Waals surface area contributed by atoms with Crippen molar-refractivity contribution in [1.82, 2.24) is 4.90 Å². The first-order valence-electron chi connectivity index (χ1n) is 7.10. The Bertz CT molecular complexity index is 593. The van der Waals surface area contributed by atoms with Crippen molar-refractivity contribution in [3.05, 3.63) is 23.8 Å². The Hall–Kier alpha value is -2.38. The molecule has 1 amide bonds. The highest BCUT2D eigenvalue weighted by molar-refractivity contribution is 5.97. The number of carboxylic acid groups (broad SMARTS) is 1. The predicted molar refractivity (Wildman–Crippen MR) is 75.9 cm³/mol. The molecule has 0 bridgehead atoms. The second-order valence-corrected chi connectivity index (χ2v) is 5.09. The van der Waals surface area contributed by atoms with Crippen molar-refractivity contribution < 1.29 is 33.0 Å². The number of aliphatic carboxylic acids is 1. The van der Waals surface area contributed by atoms with Crippen molar-refractivity contribution in [2.45, 2.75) is 31.9 Å². The molecule has 8 heteroatoms. The van der Waals surface area contributed by atoms with Crippen LogP contribution in [0.15, 0.2) is 18.2 Å². The number of nitrogens with zero attached hydrogens (tertiary/aromatic N) is 1. The summed E-state index contributed by atoms with van der Waals surface area (Å²) in [7, 11) is 1.29. The van der Waals surface area contributed by atoms with E-state index in [4.69, 9.17) is 4.74 Å². The topological polar surface area (TPSA) is 76.1 Å². The number of carbonyl (C=O) groups excluding carboxylic acids is 1. The van der Waals surface area contributed by atoms with E-state index in [0.717, 1.165) is 12.5 Å². The number of ether oxygens (including phenoxy) is 2. The van der Waals surface area contributed by atoms with E-state index in [-0.39, 0.29) is 17.1 Å². The van der Waals surface area contributed by atoms with Gasteiger partial charge >= 0.3 is 12.6 Å². The van der Waals surface area contributed by atoms with Crippen molar-refractivity contribution in [2.24, 2.45) is 0 Å². The lowest BCUT2D eigenvalue weighted by Crippen LogP contribution is -2.47. The van der Waals surface area contributed by atoms with Gasteiger partial charge < -0.3 is 19.5 Å². The summed E-state index contributed by atoms with van der Waals surface area (Å²) in [5.74, 6) is -1.80. The molecule has 1 heterocycles. The van der Waals surface area contributed by atoms with Crippen molar-refractivity contribution >= 4 is 11.9 Å². The second kappa shape index (κ2) is 7.26. The molecule has 0 saturated carbocycles. The number of carboxylic acids is 1. The Labute approximate surface area is 131 Å². The molecule has 2 rings (SSSR count). The molecule has 0 unspecified atom stereocenters. The maximum atomic E-state index is 12.5. The Morgan fingerprint density at radius 1 is 1.30 bits per heavy atom. The van der Waals surface area contributed by atoms with Gasteiger partial charge in [-0.3, -0.25) is 4.79 Å². The Balaban J connectivity index is 2.29. The number of benzene rings is 1. The molecule has 0 radical (unpaired) electrons. The first kappa shape index (κ1) is 17.0. The van der Waals surface area contributed by atoms with E-state index >= 15 is 0 Å². The minimum atomic E-state index is -3.06. The molecule has 126 valence electrons. The van der Waals surface area contributed by atoms with Crippen molar-refractivity contribution in [3.63, 3.8) is 0 Å². The van der Waals surface area contributed by atoms with Gasteiger partial charge in [0.2, 0.25) is 0 Å². The summed E-state index contributed by atoms with van der Waals surface area (Å²) in [4.78, 5) is 25.1. The number of likely N-dealkylation sites (tertiary alicyclic amines) is 1. The van der Waals surface area contributed by atoms with Crippen LogP contribution in [0.4, 0.5) is 8.78 Å². The first-order chi connectivity index (χ1) is 10.9. The van der Waals surface area contributed by atoms with Crippen LogP contribution in [0.1, 0.15) is 29.6 Å². The molecule has 1 aliphatic rings. The summed E-state index contributed by atoms with van der Waals surface area (Å²) >= 11 is 0. The number of piperidine rings is 1. The molecular formula is C15H17F2NO5. The minimum Gasteiger partial charge on any atom is -0.493 e. The van der Waals surface area contributed by atoms with Crippen LogP contribution in [0.2, 0.25) is 0 Å². The van der Waals surface area contributed by atoms with Crippen LogP contribution in [0, 0.1) is 0 Å². The zero-order chi connectivity index (χ0) is 17.0. The molecule has 1 aromatic carbocycles. The van der Waals surface area contributed by atoms with Crippen LogP contribution < -0.4 is 9.47 Å². The minimum absolute atomic E-state index is 0.0651. The normalized spacial score (nSPS) is 17.9. The molecule has 1 N–H and O–H groups in total. The molecule has 23 heavy (non-hydrogen) atoms. The van der Waals surface area contributed by atoms with E-state index in [1.54, 1.807) is 0 Å². The molecule has 1 saturated heterocycles. The fraction of sp³-hybridized carbons (Fsp3) is 0.467. The summed E-state index contributed by atoms with van der Waals surface area (Å²) in [6.07, 6.45) is 1.80. The standard InChI is InChI=1S/C15H17F2NO5/c1-22-11-6-5-9(8-12(11)23-15(16)17)13(19)18-7-3-2-4-10(18)14(20)21/h5-6,8,10,15H,2-4,7H2,1H3,(H,20,21)/t10-/m1/s1. The fourth-order valence-electron chi connectivity index (χ4n) is 2.60. The summed E-state index contributed by atoms with van der Waals surface area (Å²) in [6.45, 7) is -2.75. The van der Waals surface area contributed by atoms with Crippen molar-refractivity contribution in [3.8, 4) is 11.5 Å². The lowest BCUT2D eigenvalue weighted by molar-refractivity contribution is -0.143. The highest BCUT2D eigenvalue weighted by Gasteiger charge is 2.32. The summed E-state index contributed by atoms with van der Waals surface area (Å²) in [5, 5.41) is 9.22. The Kier molecular flexibility index (Phi) is 5.36. The number of hydrogen-bond acceptors (Lipinski definition) is 4. The Morgan fingerprint density at radius 2 is 2.04 bits per heavy atom. The third-order valence-electron chi connectivity index (χ3n) is 3.68. The SMILES string of the molecule is COc1ccc(C(=O)N2CCCC[C@@H]2C(=O)O)cc1OC(F)F. The van der Waals surface area contributed by atoms with Crippen LogP contribution in [-0.4, -0.2) is 48.2 Å². The molecule has 1 aromatic rings. The highest BCUT2D eigenvalue weighted by Crippen LogP contribution is 2.30. The highest BCUT2D eigenvalue weighted by atomic mass is 19.3. The number of methoxy groups -OCH3 is 1. The van der Waals surface area contributed by atoms with E-state index in [1.165, 1.54) is 24.1 Å². The molecule has 0 aromatic heterocycles. The largest absolute Gasteiger partial charge is 0.493 e. The van der Waals surface area contributed by atoms with E-state index in [1.807, 2.05) is 0 Å². The molecule has 0 aliphatic carbocycles. The first-order valence-corrected chi connectivity index (χ1v) is 7.10. The van der Waals surface area contributed by atoms with Gasteiger partial charge in [0.1, 0.15) is 6.04 Å². The number of halogens is 2. The summed E-state index contributed by atoms with van der Waals surface area (Å²) in [6, 6.07) is 2.97. The van der Waals surface area contributed by atoms with Gasteiger partial charge in [-0.25, -0.2) is 4.79 Å². The summed E-state index contributed by atoms with van der Waals surface area (Å²) in [5.41, 5.74) is 0.0783. The Morgan fingerprint density at radius 3 is 2.65 bits per heavy atom. The predicted octanol–water partition coefficient (Wildman–Crippen LogP) is 2.38. The van der Waals surface area contributed by atoms with Crippen LogP contribution in [0.25, 0.3) is 0 Å². The van der Waals surface area contributed by atoms with Crippen LogP contribution in [0.5, 0.6) is 11.5 Å². The summed E-state index contributed by atoms with van der Waals surface area (Å²) < 4.78 is 34.1. The van der Waals surface area contributed by atoms with Gasteiger partial charge in [-0.2, -0.15) is 8.78 Å². The third-order valence-corrected chi connectivity index (χ3v) is 3.68. The average Bonchev–Trinajstić information content (AvgIpc) is 2.53. The third kappa shape index (κ3) is 3.88. The molecule has 6 nitrogen and oxygen atoms in total. The number of rotatable bonds is 5. The van der Waals surface area contributed by atoms with Gasteiger partial charge in [0, 0.05) is 12.1 Å². The van der Waals surface area contributed by atoms with Gasteiger partial charge in [0.05, 0.1) is 7.11 Å². The lowest BCUT2D eigenvalue weighted by atomic mass is 10.0. The number of carbonyl (C=O) groups is 2. The van der Waals surface area contributed by atoms with Gasteiger partial charge in [-0.05, 0) is 37.5 Å². The van der Waals surface area contributed by atoms with Crippen molar-refractivity contribution in [2.75, 3.05) is 13.7 Å². The van der Waals surface area contributed by atoms with E-state index in [9.17, 15) is 23.5 Å². The van der Waals surface area contributed by atoms with Crippen molar-refractivity contribution in [1.29, 1.82) is 0 Å². The van der Waals surface area contributed by atoms with E-state index < -0.39 is 24.5 Å². The van der Waals surface area contributed by atoms with Gasteiger partial charge in [-0.15, -0.1) is 0 Å². The average molecular weight is 329 g/mol. The molecule has 0 spiro atoms. The molecular weight excluding hydrogens is 312 g/mol. The zero-order valence-corrected chi connectivity index (χ0v) is 12.5. The second-order valence-electron chi connectivity index (χ2n) is 5.09. The van der Waals surface area contributed by atoms with Gasteiger partial charge in [-0.1, -0.05) is 0 Å². The monoisotopic (exact) mass is 329 g/mol. The number of alkyl halides is 2. The number of hydrogen-bond donors (Lipinski definition) is 1. The smallest absolute Gasteiger partial charge is 0.387 e. The molecule has 1 aliphatic heterocycles. The van der Waals surface area contributed by atoms with Gasteiger partial charge in [0.25, 0.3) is 5.91 Å². The maximum Gasteiger partial charge on any atom is 0.387 e. The van der Waals surface area contributed by atoms with Crippen LogP contribution in [-0.2, 0) is 4.79 Å². The fourth-order valence-corrected chi connectivity index (χ4v) is 2.60. The van der Waals surface area contributed by atoms with Crippen LogP contribution in [0.3, 0.4) is 0 Å². The zero-order valence-electron chi connectivity index (χ0n) is 12.5. The molecule has 1 atom stereocenters. The quantitative estimate of drug-likeness (QED) is 0.897. The lowest BCUT2D eigenvalue weighted by Gasteiger charge is -2.33. The maximum absolute atomic E-state index is 12.5.